The summed E-state index contributed by atoms with van der Waals surface area (Å²) in [7, 11) is 0. The van der Waals surface area contributed by atoms with Crippen LogP contribution in [0.3, 0.4) is 0 Å². The monoisotopic (exact) mass is 284 g/mol. The molecule has 0 saturated heterocycles. The molecule has 106 valence electrons. The van der Waals surface area contributed by atoms with Crippen LogP contribution in [0.1, 0.15) is 20.9 Å². The predicted molar refractivity (Wildman–Crippen MR) is 76.6 cm³/mol. The Morgan fingerprint density at radius 1 is 1.24 bits per heavy atom. The maximum Gasteiger partial charge on any atom is 0.339 e. The van der Waals surface area contributed by atoms with Crippen LogP contribution < -0.4 is 11.1 Å². The maximum absolute atomic E-state index is 11.8. The molecule has 0 fully saturated rings. The Kier molecular flexibility index (Phi) is 4.26. The number of nitrogens with two attached hydrogens (primary N) is 1. The zero-order valence-corrected chi connectivity index (χ0v) is 11.0. The van der Waals surface area contributed by atoms with Crippen LogP contribution in [0.5, 0.6) is 0 Å². The number of furan rings is 1. The highest BCUT2D eigenvalue weighted by Crippen LogP contribution is 2.14. The summed E-state index contributed by atoms with van der Waals surface area (Å²) >= 11 is 0. The number of ether oxygens (including phenoxy) is 1. The van der Waals surface area contributed by atoms with E-state index in [4.69, 9.17) is 21.3 Å². The Labute approximate surface area is 120 Å². The summed E-state index contributed by atoms with van der Waals surface area (Å²) in [5.41, 5.74) is 6.23. The van der Waals surface area contributed by atoms with Crippen LogP contribution in [0, 0.1) is 12.3 Å². The summed E-state index contributed by atoms with van der Waals surface area (Å²) in [6, 6.07) is 9.12. The van der Waals surface area contributed by atoms with E-state index in [9.17, 15) is 9.59 Å². The van der Waals surface area contributed by atoms with Crippen LogP contribution in [0.4, 0.5) is 11.6 Å². The van der Waals surface area contributed by atoms with Gasteiger partial charge in [-0.25, -0.2) is 4.79 Å². The number of benzene rings is 1. The number of amides is 1. The van der Waals surface area contributed by atoms with Crippen molar-refractivity contribution >= 4 is 23.4 Å². The fourth-order valence-corrected chi connectivity index (χ4v) is 1.55. The molecule has 0 atom stereocenters. The first-order chi connectivity index (χ1) is 10.1. The van der Waals surface area contributed by atoms with Gasteiger partial charge in [0.15, 0.2) is 18.3 Å². The lowest BCUT2D eigenvalue weighted by Crippen LogP contribution is -2.11. The van der Waals surface area contributed by atoms with Gasteiger partial charge in [0.05, 0.1) is 5.56 Å². The van der Waals surface area contributed by atoms with Crippen LogP contribution in [0.2, 0.25) is 0 Å². The van der Waals surface area contributed by atoms with Gasteiger partial charge in [-0.1, -0.05) is 5.92 Å². The van der Waals surface area contributed by atoms with Gasteiger partial charge in [0, 0.05) is 11.8 Å². The standard InChI is InChI=1S/C15H12N2O4/c1-2-9-20-15(19)10-3-5-11(6-4-10)17-14(18)12-7-8-13(16)21-12/h1,3-8H,9,16H2,(H,17,18). The first kappa shape index (κ1) is 14.2. The van der Waals surface area contributed by atoms with E-state index in [1.54, 1.807) is 12.1 Å². The molecule has 0 saturated carbocycles. The highest BCUT2D eigenvalue weighted by molar-refractivity contribution is 6.02. The number of hydrogen-bond acceptors (Lipinski definition) is 5. The van der Waals surface area contributed by atoms with E-state index < -0.39 is 11.9 Å². The smallest absolute Gasteiger partial charge is 0.339 e. The van der Waals surface area contributed by atoms with E-state index in [0.29, 0.717) is 11.3 Å². The van der Waals surface area contributed by atoms with Crippen LogP contribution in [0.15, 0.2) is 40.8 Å². The van der Waals surface area contributed by atoms with Crippen molar-refractivity contribution in [1.29, 1.82) is 0 Å². The average Bonchev–Trinajstić information content (AvgIpc) is 2.92. The van der Waals surface area contributed by atoms with Gasteiger partial charge in [-0.15, -0.1) is 6.42 Å². The summed E-state index contributed by atoms with van der Waals surface area (Å²) in [5, 5.41) is 2.61. The Balaban J connectivity index is 2.01. The quantitative estimate of drug-likeness (QED) is 0.660. The molecule has 0 bridgehead atoms. The molecule has 0 spiro atoms. The van der Waals surface area contributed by atoms with Crippen LogP contribution >= 0.6 is 0 Å². The second kappa shape index (κ2) is 6.30. The molecule has 0 unspecified atom stereocenters. The van der Waals surface area contributed by atoms with Gasteiger partial charge in [-0.3, -0.25) is 4.79 Å². The van der Waals surface area contributed by atoms with Crippen LogP contribution in [-0.2, 0) is 4.74 Å². The summed E-state index contributed by atoms with van der Waals surface area (Å²) in [6.07, 6.45) is 5.00. The molecule has 1 amide bonds. The lowest BCUT2D eigenvalue weighted by atomic mass is 10.2. The zero-order valence-electron chi connectivity index (χ0n) is 11.0. The Bertz CT molecular complexity index is 695. The Morgan fingerprint density at radius 3 is 2.52 bits per heavy atom. The molecule has 6 nitrogen and oxygen atoms in total. The number of esters is 1. The van der Waals surface area contributed by atoms with Gasteiger partial charge < -0.3 is 20.2 Å². The van der Waals surface area contributed by atoms with Crippen molar-refractivity contribution in [2.45, 2.75) is 0 Å². The molecule has 1 heterocycles. The molecule has 1 aromatic heterocycles. The topological polar surface area (TPSA) is 94.6 Å². The molecule has 1 aromatic carbocycles. The number of nitrogen functional groups attached to an aromatic ring is 1. The molecule has 0 aliphatic heterocycles. The highest BCUT2D eigenvalue weighted by atomic mass is 16.5. The van der Waals surface area contributed by atoms with Crippen LogP contribution in [-0.4, -0.2) is 18.5 Å². The van der Waals surface area contributed by atoms with Crippen molar-refractivity contribution in [3.63, 3.8) is 0 Å². The fraction of sp³-hybridized carbons (Fsp3) is 0.0667. The van der Waals surface area contributed by atoms with Crippen molar-refractivity contribution in [2.75, 3.05) is 17.7 Å². The third kappa shape index (κ3) is 3.64. The SMILES string of the molecule is C#CCOC(=O)c1ccc(NC(=O)c2ccc(N)o2)cc1. The van der Waals surface area contributed by atoms with Crippen molar-refractivity contribution in [1.82, 2.24) is 0 Å². The van der Waals surface area contributed by atoms with E-state index in [-0.39, 0.29) is 18.3 Å². The molecular weight excluding hydrogens is 272 g/mol. The van der Waals surface area contributed by atoms with E-state index in [2.05, 4.69) is 11.2 Å². The minimum Gasteiger partial charge on any atom is -0.449 e. The first-order valence-electron chi connectivity index (χ1n) is 5.97. The summed E-state index contributed by atoms with van der Waals surface area (Å²) < 4.78 is 9.78. The molecule has 0 radical (unpaired) electrons. The van der Waals surface area contributed by atoms with E-state index in [0.717, 1.165) is 0 Å². The lowest BCUT2D eigenvalue weighted by molar-refractivity contribution is 0.0556. The van der Waals surface area contributed by atoms with E-state index >= 15 is 0 Å². The first-order valence-corrected chi connectivity index (χ1v) is 5.97. The maximum atomic E-state index is 11.8. The Morgan fingerprint density at radius 2 is 1.95 bits per heavy atom. The zero-order chi connectivity index (χ0) is 15.2. The molecule has 3 N–H and O–H groups in total. The van der Waals surface area contributed by atoms with Gasteiger partial charge in [0.2, 0.25) is 0 Å². The summed E-state index contributed by atoms with van der Waals surface area (Å²) in [4.78, 5) is 23.3. The number of terminal acetylenes is 1. The fourth-order valence-electron chi connectivity index (χ4n) is 1.55. The molecule has 0 aliphatic carbocycles. The minimum atomic E-state index is -0.523. The number of rotatable bonds is 4. The second-order valence-corrected chi connectivity index (χ2v) is 4.01. The molecule has 0 aliphatic rings. The number of anilines is 2. The van der Waals surface area contributed by atoms with Gasteiger partial charge in [-0.2, -0.15) is 0 Å². The molecule has 2 aromatic rings. The van der Waals surface area contributed by atoms with E-state index in [1.165, 1.54) is 24.3 Å². The number of carbonyl (C=O) groups is 2. The van der Waals surface area contributed by atoms with Crippen molar-refractivity contribution < 1.29 is 18.7 Å². The van der Waals surface area contributed by atoms with Crippen molar-refractivity contribution in [2.24, 2.45) is 0 Å². The minimum absolute atomic E-state index is 0.0861. The van der Waals surface area contributed by atoms with E-state index in [1.807, 2.05) is 0 Å². The third-order valence-electron chi connectivity index (χ3n) is 2.52. The predicted octanol–water partition coefficient (Wildman–Crippen LogP) is 1.90. The Hall–Kier alpha value is -3.20. The van der Waals surface area contributed by atoms with Gasteiger partial charge in [0.25, 0.3) is 5.91 Å². The van der Waals surface area contributed by atoms with Crippen molar-refractivity contribution in [3.05, 3.63) is 47.7 Å². The largest absolute Gasteiger partial charge is 0.449 e. The van der Waals surface area contributed by atoms with Crippen molar-refractivity contribution in [3.8, 4) is 12.3 Å². The summed E-state index contributed by atoms with van der Waals surface area (Å²) in [5.74, 6) is 1.51. The molecule has 21 heavy (non-hydrogen) atoms. The number of nitrogens with one attached hydrogen (secondary N) is 1. The molecule has 6 heteroatoms. The highest BCUT2D eigenvalue weighted by Gasteiger charge is 2.11. The average molecular weight is 284 g/mol. The molecule has 2 rings (SSSR count). The van der Waals surface area contributed by atoms with Gasteiger partial charge in [-0.05, 0) is 30.3 Å². The number of carbonyl (C=O) groups excluding carboxylic acids is 2. The summed E-state index contributed by atoms with van der Waals surface area (Å²) in [6.45, 7) is -0.0861. The van der Waals surface area contributed by atoms with Crippen LogP contribution in [0.25, 0.3) is 0 Å². The number of hydrogen-bond donors (Lipinski definition) is 2. The van der Waals surface area contributed by atoms with Gasteiger partial charge >= 0.3 is 5.97 Å². The lowest BCUT2D eigenvalue weighted by Gasteiger charge is -2.05. The second-order valence-electron chi connectivity index (χ2n) is 4.01. The normalized spacial score (nSPS) is 9.67. The third-order valence-corrected chi connectivity index (χ3v) is 2.52. The molecular formula is C15H12N2O4. The van der Waals surface area contributed by atoms with Gasteiger partial charge in [0.1, 0.15) is 0 Å².